The lowest BCUT2D eigenvalue weighted by molar-refractivity contribution is -0.274. The maximum Gasteiger partial charge on any atom is 0.573 e. The minimum absolute atomic E-state index is 0.150. The molecule has 0 fully saturated rings. The molecular formula is C18H15F4N3O2. The molecule has 1 amide bonds. The van der Waals surface area contributed by atoms with Gasteiger partial charge in [-0.3, -0.25) is 9.79 Å². The van der Waals surface area contributed by atoms with Crippen LogP contribution in [0.5, 0.6) is 5.75 Å². The molecule has 0 spiro atoms. The Morgan fingerprint density at radius 2 is 1.85 bits per heavy atom. The number of amides is 1. The van der Waals surface area contributed by atoms with E-state index in [1.807, 2.05) is 0 Å². The Morgan fingerprint density at radius 3 is 2.48 bits per heavy atom. The largest absolute Gasteiger partial charge is 0.573 e. The van der Waals surface area contributed by atoms with E-state index >= 15 is 0 Å². The summed E-state index contributed by atoms with van der Waals surface area (Å²) in [5.41, 5.74) is 7.61. The number of carbonyl (C=O) groups excluding carboxylic acids is 1. The fraction of sp³-hybridized carbons (Fsp3) is 0.222. The molecule has 0 radical (unpaired) electrons. The van der Waals surface area contributed by atoms with Crippen LogP contribution in [0, 0.1) is 5.82 Å². The van der Waals surface area contributed by atoms with Crippen LogP contribution in [0.25, 0.3) is 0 Å². The van der Waals surface area contributed by atoms with Gasteiger partial charge >= 0.3 is 6.36 Å². The van der Waals surface area contributed by atoms with Crippen LogP contribution in [0.1, 0.15) is 11.1 Å². The van der Waals surface area contributed by atoms with E-state index in [9.17, 15) is 22.4 Å². The van der Waals surface area contributed by atoms with Gasteiger partial charge in [-0.15, -0.1) is 13.2 Å². The van der Waals surface area contributed by atoms with Crippen LogP contribution in [-0.4, -0.2) is 31.2 Å². The molecule has 0 saturated heterocycles. The van der Waals surface area contributed by atoms with E-state index in [0.717, 1.165) is 0 Å². The molecule has 2 aromatic carbocycles. The monoisotopic (exact) mass is 381 g/mol. The van der Waals surface area contributed by atoms with Gasteiger partial charge in [0.25, 0.3) is 5.91 Å². The number of carbonyl (C=O) groups is 1. The van der Waals surface area contributed by atoms with Crippen molar-refractivity contribution in [3.63, 3.8) is 0 Å². The smallest absolute Gasteiger partial charge is 0.406 e. The van der Waals surface area contributed by atoms with Crippen LogP contribution in [0.2, 0.25) is 0 Å². The molecule has 2 aromatic rings. The number of nitrogens with zero attached hydrogens (tertiary/aromatic N) is 2. The zero-order chi connectivity index (χ0) is 19.8. The first-order valence-electron chi connectivity index (χ1n) is 7.88. The summed E-state index contributed by atoms with van der Waals surface area (Å²) in [5, 5.41) is 0. The maximum absolute atomic E-state index is 13.8. The Kier molecular flexibility index (Phi) is 4.88. The topological polar surface area (TPSA) is 67.9 Å². The number of anilines is 1. The van der Waals surface area contributed by atoms with Crippen LogP contribution in [0.3, 0.4) is 0 Å². The Balaban J connectivity index is 1.93. The third-order valence-electron chi connectivity index (χ3n) is 4.04. The van der Waals surface area contributed by atoms with Crippen LogP contribution in [0.15, 0.2) is 47.5 Å². The Hall–Kier alpha value is -2.94. The predicted octanol–water partition coefficient (Wildman–Crippen LogP) is 3.02. The summed E-state index contributed by atoms with van der Waals surface area (Å²) in [4.78, 5) is 17.7. The first-order valence-corrected chi connectivity index (χ1v) is 7.88. The predicted molar refractivity (Wildman–Crippen MR) is 91.2 cm³/mol. The molecule has 0 saturated carbocycles. The number of hydrogen-bond donors (Lipinski definition) is 1. The lowest BCUT2D eigenvalue weighted by atomic mass is 10.00. The fourth-order valence-electron chi connectivity index (χ4n) is 2.78. The normalized spacial score (nSPS) is 17.3. The van der Waals surface area contributed by atoms with Gasteiger partial charge in [-0.25, -0.2) is 4.39 Å². The first-order chi connectivity index (χ1) is 12.6. The Morgan fingerprint density at radius 1 is 1.19 bits per heavy atom. The van der Waals surface area contributed by atoms with Gasteiger partial charge in [0.15, 0.2) is 6.17 Å². The zero-order valence-corrected chi connectivity index (χ0v) is 14.1. The summed E-state index contributed by atoms with van der Waals surface area (Å²) < 4.78 is 54.3. The summed E-state index contributed by atoms with van der Waals surface area (Å²) in [6.45, 7) is 0. The molecule has 1 aliphatic rings. The van der Waals surface area contributed by atoms with Crippen molar-refractivity contribution in [3.05, 3.63) is 59.4 Å². The highest BCUT2D eigenvalue weighted by molar-refractivity contribution is 6.13. The third-order valence-corrected chi connectivity index (χ3v) is 4.04. The first kappa shape index (κ1) is 18.8. The van der Waals surface area contributed by atoms with E-state index in [1.165, 1.54) is 54.4 Å². The van der Waals surface area contributed by atoms with Gasteiger partial charge in [0, 0.05) is 19.0 Å². The molecule has 1 unspecified atom stereocenters. The molecule has 9 heteroatoms. The molecule has 2 N–H and O–H groups in total. The lowest BCUT2D eigenvalue weighted by Crippen LogP contribution is -2.39. The second-order valence-electron chi connectivity index (χ2n) is 5.95. The van der Waals surface area contributed by atoms with Crippen LogP contribution < -0.4 is 15.4 Å². The van der Waals surface area contributed by atoms with Crippen molar-refractivity contribution < 1.29 is 27.1 Å². The van der Waals surface area contributed by atoms with E-state index in [4.69, 9.17) is 5.73 Å². The highest BCUT2D eigenvalue weighted by Gasteiger charge is 2.31. The molecule has 3 rings (SSSR count). The van der Waals surface area contributed by atoms with Gasteiger partial charge in [0.2, 0.25) is 0 Å². The second kappa shape index (κ2) is 6.99. The molecule has 0 aliphatic carbocycles. The van der Waals surface area contributed by atoms with Gasteiger partial charge in [0.1, 0.15) is 11.6 Å². The summed E-state index contributed by atoms with van der Waals surface area (Å²) in [7, 11) is 1.51. The minimum Gasteiger partial charge on any atom is -0.406 e. The van der Waals surface area contributed by atoms with Crippen LogP contribution >= 0.6 is 0 Å². The number of likely N-dealkylation sites (N-methyl/N-ethyl adjacent to an activating group) is 1. The second-order valence-corrected chi connectivity index (χ2v) is 5.95. The fourth-order valence-corrected chi connectivity index (χ4v) is 2.78. The molecule has 27 heavy (non-hydrogen) atoms. The SMILES string of the molecule is CN1C(=O)C(N)N=C(Cc2ccc(OC(F)(F)F)cc2)c2cc(F)ccc21. The molecule has 5 nitrogen and oxygen atoms in total. The third kappa shape index (κ3) is 4.25. The number of nitrogens with two attached hydrogens (primary N) is 1. The molecular weight excluding hydrogens is 366 g/mol. The molecule has 0 aromatic heterocycles. The van der Waals surface area contributed by atoms with Crippen LogP contribution in [0.4, 0.5) is 23.2 Å². The number of alkyl halides is 3. The summed E-state index contributed by atoms with van der Waals surface area (Å²) >= 11 is 0. The number of rotatable bonds is 3. The average Bonchev–Trinajstić information content (AvgIpc) is 2.67. The number of halogens is 4. The molecule has 142 valence electrons. The van der Waals surface area contributed by atoms with E-state index in [-0.39, 0.29) is 12.2 Å². The maximum atomic E-state index is 13.8. The van der Waals surface area contributed by atoms with Crippen molar-refractivity contribution in [2.45, 2.75) is 18.9 Å². The van der Waals surface area contributed by atoms with E-state index in [2.05, 4.69) is 9.73 Å². The van der Waals surface area contributed by atoms with Crippen molar-refractivity contribution in [1.82, 2.24) is 0 Å². The quantitative estimate of drug-likeness (QED) is 0.831. The van der Waals surface area contributed by atoms with Gasteiger partial charge in [-0.1, -0.05) is 12.1 Å². The number of ether oxygens (including phenoxy) is 1. The van der Waals surface area contributed by atoms with E-state index in [1.54, 1.807) is 0 Å². The van der Waals surface area contributed by atoms with Crippen molar-refractivity contribution in [1.29, 1.82) is 0 Å². The van der Waals surface area contributed by atoms with E-state index in [0.29, 0.717) is 22.5 Å². The highest BCUT2D eigenvalue weighted by atomic mass is 19.4. The van der Waals surface area contributed by atoms with Crippen molar-refractivity contribution >= 4 is 17.3 Å². The minimum atomic E-state index is -4.78. The number of benzene rings is 2. The number of benzodiazepines with no additional fused rings is 1. The molecule has 1 aliphatic heterocycles. The summed E-state index contributed by atoms with van der Waals surface area (Å²) in [6, 6.07) is 9.14. The number of hydrogen-bond acceptors (Lipinski definition) is 4. The Bertz CT molecular complexity index is 894. The van der Waals surface area contributed by atoms with Gasteiger partial charge in [-0.2, -0.15) is 0 Å². The van der Waals surface area contributed by atoms with Crippen molar-refractivity contribution in [3.8, 4) is 5.75 Å². The zero-order valence-electron chi connectivity index (χ0n) is 14.1. The van der Waals surface area contributed by atoms with E-state index < -0.39 is 24.3 Å². The Labute approximate surface area is 152 Å². The highest BCUT2D eigenvalue weighted by Crippen LogP contribution is 2.27. The molecule has 1 atom stereocenters. The van der Waals surface area contributed by atoms with Gasteiger partial charge in [-0.05, 0) is 35.9 Å². The number of fused-ring (bicyclic) bond motifs is 1. The van der Waals surface area contributed by atoms with Gasteiger partial charge < -0.3 is 15.4 Å². The van der Waals surface area contributed by atoms with Crippen LogP contribution in [-0.2, 0) is 11.2 Å². The van der Waals surface area contributed by atoms with Gasteiger partial charge in [0.05, 0.1) is 11.4 Å². The number of aliphatic imine (C=N–C) groups is 1. The standard InChI is InChI=1S/C18H15F4N3O2/c1-25-15-7-4-11(19)9-13(15)14(24-16(23)17(25)26)8-10-2-5-12(6-3-10)27-18(20,21)22/h2-7,9,16H,8,23H2,1H3. The average molecular weight is 381 g/mol. The summed E-state index contributed by atoms with van der Waals surface area (Å²) in [5.74, 6) is -1.31. The summed E-state index contributed by atoms with van der Waals surface area (Å²) in [6.07, 6.45) is -5.79. The van der Waals surface area contributed by atoms with Crippen molar-refractivity contribution in [2.75, 3.05) is 11.9 Å². The molecule has 0 bridgehead atoms. The van der Waals surface area contributed by atoms with Crippen molar-refractivity contribution in [2.24, 2.45) is 10.7 Å². The molecule has 1 heterocycles. The lowest BCUT2D eigenvalue weighted by Gasteiger charge is -2.19.